The van der Waals surface area contributed by atoms with Crippen molar-refractivity contribution in [2.45, 2.75) is 32.7 Å². The van der Waals surface area contributed by atoms with Crippen LogP contribution in [0.2, 0.25) is 0 Å². The number of aromatic nitrogens is 1. The lowest BCUT2D eigenvalue weighted by Gasteiger charge is -2.15. The van der Waals surface area contributed by atoms with E-state index >= 15 is 0 Å². The van der Waals surface area contributed by atoms with Crippen molar-refractivity contribution in [3.8, 4) is 10.6 Å². The number of thiazole rings is 1. The Bertz CT molecular complexity index is 763. The van der Waals surface area contributed by atoms with Crippen molar-refractivity contribution in [2.75, 3.05) is 5.32 Å². The van der Waals surface area contributed by atoms with Crippen molar-refractivity contribution < 1.29 is 9.59 Å². The lowest BCUT2D eigenvalue weighted by molar-refractivity contribution is -0.120. The standard InChI is InChI=1S/C17H19N3O2S2/c1-11(21)18-9-13-7-8-15(24-13)14-10-23-17(19-14)20-16(22)12-5-3-2-4-6-12/h2-3,7-8,10,12H,4-6,9H2,1H3,(H,18,21)(H,19,20,22). The van der Waals surface area contributed by atoms with Crippen LogP contribution < -0.4 is 10.6 Å². The van der Waals surface area contributed by atoms with Crippen LogP contribution in [0.15, 0.2) is 29.7 Å². The predicted octanol–water partition coefficient (Wildman–Crippen LogP) is 3.80. The van der Waals surface area contributed by atoms with Gasteiger partial charge in [-0.1, -0.05) is 12.2 Å². The first-order chi connectivity index (χ1) is 11.6. The molecule has 2 heterocycles. The number of nitrogens with zero attached hydrogens (tertiary/aromatic N) is 1. The minimum atomic E-state index is -0.0406. The molecule has 2 amide bonds. The third kappa shape index (κ3) is 4.30. The number of carbonyl (C=O) groups excluding carboxylic acids is 2. The molecule has 0 saturated carbocycles. The average molecular weight is 361 g/mol. The van der Waals surface area contributed by atoms with E-state index < -0.39 is 0 Å². The summed E-state index contributed by atoms with van der Waals surface area (Å²) >= 11 is 3.04. The molecule has 0 radical (unpaired) electrons. The molecule has 0 fully saturated rings. The first-order valence-electron chi connectivity index (χ1n) is 7.87. The highest BCUT2D eigenvalue weighted by molar-refractivity contribution is 7.17. The summed E-state index contributed by atoms with van der Waals surface area (Å²) in [5, 5.41) is 8.31. The van der Waals surface area contributed by atoms with Crippen molar-refractivity contribution in [1.82, 2.24) is 10.3 Å². The van der Waals surface area contributed by atoms with Crippen LogP contribution >= 0.6 is 22.7 Å². The summed E-state index contributed by atoms with van der Waals surface area (Å²) in [5.41, 5.74) is 0.859. The van der Waals surface area contributed by atoms with E-state index in [9.17, 15) is 9.59 Å². The molecule has 0 saturated heterocycles. The van der Waals surface area contributed by atoms with Gasteiger partial charge < -0.3 is 10.6 Å². The van der Waals surface area contributed by atoms with Gasteiger partial charge in [-0.25, -0.2) is 4.98 Å². The number of rotatable bonds is 5. The van der Waals surface area contributed by atoms with Crippen LogP contribution in [0.1, 0.15) is 31.1 Å². The highest BCUT2D eigenvalue weighted by atomic mass is 32.1. The largest absolute Gasteiger partial charge is 0.351 e. The van der Waals surface area contributed by atoms with Gasteiger partial charge in [0.05, 0.1) is 17.1 Å². The lowest BCUT2D eigenvalue weighted by Crippen LogP contribution is -2.23. The van der Waals surface area contributed by atoms with Gasteiger partial charge in [0.15, 0.2) is 5.13 Å². The molecule has 1 aliphatic rings. The fourth-order valence-corrected chi connectivity index (χ4v) is 4.20. The van der Waals surface area contributed by atoms with Gasteiger partial charge in [0.2, 0.25) is 11.8 Å². The highest BCUT2D eigenvalue weighted by Gasteiger charge is 2.20. The predicted molar refractivity (Wildman–Crippen MR) is 98.1 cm³/mol. The number of hydrogen-bond acceptors (Lipinski definition) is 5. The number of hydrogen-bond donors (Lipinski definition) is 2. The van der Waals surface area contributed by atoms with Crippen LogP contribution in [0, 0.1) is 5.92 Å². The molecule has 5 nitrogen and oxygen atoms in total. The zero-order chi connectivity index (χ0) is 16.9. The second kappa shape index (κ2) is 7.72. The van der Waals surface area contributed by atoms with E-state index in [1.807, 2.05) is 17.5 Å². The number of anilines is 1. The summed E-state index contributed by atoms with van der Waals surface area (Å²) in [7, 11) is 0. The first-order valence-corrected chi connectivity index (χ1v) is 9.56. The molecule has 2 N–H and O–H groups in total. The molecular formula is C17H19N3O2S2. The molecule has 0 spiro atoms. The Labute approximate surface area is 148 Å². The molecule has 1 aliphatic carbocycles. The van der Waals surface area contributed by atoms with E-state index in [0.717, 1.165) is 34.7 Å². The molecule has 126 valence electrons. The van der Waals surface area contributed by atoms with E-state index in [4.69, 9.17) is 0 Å². The third-order valence-electron chi connectivity index (χ3n) is 3.80. The molecular weight excluding hydrogens is 342 g/mol. The summed E-state index contributed by atoms with van der Waals surface area (Å²) < 4.78 is 0. The quantitative estimate of drug-likeness (QED) is 0.796. The molecule has 0 bridgehead atoms. The van der Waals surface area contributed by atoms with Crippen molar-refractivity contribution in [1.29, 1.82) is 0 Å². The van der Waals surface area contributed by atoms with E-state index in [-0.39, 0.29) is 17.7 Å². The normalized spacial score (nSPS) is 16.8. The van der Waals surface area contributed by atoms with Crippen LogP contribution in [0.5, 0.6) is 0 Å². The summed E-state index contributed by atoms with van der Waals surface area (Å²) in [6, 6.07) is 3.98. The first kappa shape index (κ1) is 16.9. The number of nitrogens with one attached hydrogen (secondary N) is 2. The van der Waals surface area contributed by atoms with Crippen LogP contribution in [0.4, 0.5) is 5.13 Å². The van der Waals surface area contributed by atoms with Gasteiger partial charge in [-0.05, 0) is 31.4 Å². The fraction of sp³-hybridized carbons (Fsp3) is 0.353. The van der Waals surface area contributed by atoms with Crippen molar-refractivity contribution in [2.24, 2.45) is 5.92 Å². The summed E-state index contributed by atoms with van der Waals surface area (Å²) in [6.45, 7) is 2.04. The minimum absolute atomic E-state index is 0.0406. The van der Waals surface area contributed by atoms with Gasteiger partial charge >= 0.3 is 0 Å². The highest BCUT2D eigenvalue weighted by Crippen LogP contribution is 2.31. The monoisotopic (exact) mass is 361 g/mol. The lowest BCUT2D eigenvalue weighted by atomic mass is 9.94. The van der Waals surface area contributed by atoms with E-state index in [2.05, 4.69) is 27.8 Å². The molecule has 0 aliphatic heterocycles. The Balaban J connectivity index is 1.61. The van der Waals surface area contributed by atoms with Crippen molar-refractivity contribution in [3.05, 3.63) is 34.5 Å². The maximum absolute atomic E-state index is 12.3. The third-order valence-corrected chi connectivity index (χ3v) is 5.67. The van der Waals surface area contributed by atoms with E-state index in [0.29, 0.717) is 11.7 Å². The molecule has 24 heavy (non-hydrogen) atoms. The summed E-state index contributed by atoms with van der Waals surface area (Å²) in [4.78, 5) is 29.8. The van der Waals surface area contributed by atoms with E-state index in [1.54, 1.807) is 11.3 Å². The Morgan fingerprint density at radius 3 is 2.96 bits per heavy atom. The SMILES string of the molecule is CC(=O)NCc1ccc(-c2csc(NC(=O)C3CC=CCC3)n2)s1. The van der Waals surface area contributed by atoms with Gasteiger partial charge in [0, 0.05) is 23.1 Å². The number of thiophene rings is 1. The summed E-state index contributed by atoms with van der Waals surface area (Å²) in [5.74, 6) is 0.0623. The molecule has 3 rings (SSSR count). The zero-order valence-corrected chi connectivity index (χ0v) is 15.0. The van der Waals surface area contributed by atoms with Gasteiger partial charge in [-0.3, -0.25) is 9.59 Å². The smallest absolute Gasteiger partial charge is 0.229 e. The molecule has 2 aromatic heterocycles. The number of amides is 2. The van der Waals surface area contributed by atoms with Crippen molar-refractivity contribution >= 4 is 39.6 Å². The van der Waals surface area contributed by atoms with Gasteiger partial charge in [-0.2, -0.15) is 0 Å². The van der Waals surface area contributed by atoms with Crippen LogP contribution in [-0.4, -0.2) is 16.8 Å². The molecule has 2 aromatic rings. The van der Waals surface area contributed by atoms with Gasteiger partial charge in [0.1, 0.15) is 0 Å². The topological polar surface area (TPSA) is 71.1 Å². The minimum Gasteiger partial charge on any atom is -0.351 e. The fourth-order valence-electron chi connectivity index (χ4n) is 2.51. The van der Waals surface area contributed by atoms with E-state index in [1.165, 1.54) is 18.3 Å². The Morgan fingerprint density at radius 2 is 2.21 bits per heavy atom. The second-order valence-electron chi connectivity index (χ2n) is 5.68. The molecule has 1 atom stereocenters. The van der Waals surface area contributed by atoms with Crippen molar-refractivity contribution in [3.63, 3.8) is 0 Å². The second-order valence-corrected chi connectivity index (χ2v) is 7.71. The maximum Gasteiger partial charge on any atom is 0.229 e. The number of allylic oxidation sites excluding steroid dienone is 2. The number of carbonyl (C=O) groups is 2. The van der Waals surface area contributed by atoms with Crippen LogP contribution in [-0.2, 0) is 16.1 Å². The maximum atomic E-state index is 12.3. The average Bonchev–Trinajstić information content (AvgIpc) is 3.22. The van der Waals surface area contributed by atoms with Crippen LogP contribution in [0.3, 0.4) is 0 Å². The Kier molecular flexibility index (Phi) is 5.42. The van der Waals surface area contributed by atoms with Gasteiger partial charge in [-0.15, -0.1) is 22.7 Å². The van der Waals surface area contributed by atoms with Gasteiger partial charge in [0.25, 0.3) is 0 Å². The zero-order valence-electron chi connectivity index (χ0n) is 13.4. The molecule has 0 aromatic carbocycles. The Morgan fingerprint density at radius 1 is 1.33 bits per heavy atom. The molecule has 7 heteroatoms. The van der Waals surface area contributed by atoms with Crippen LogP contribution in [0.25, 0.3) is 10.6 Å². The Hall–Kier alpha value is -1.99. The molecule has 1 unspecified atom stereocenters. The summed E-state index contributed by atoms with van der Waals surface area (Å²) in [6.07, 6.45) is 6.87.